The normalized spacial score (nSPS) is 14.0. The molecule has 0 radical (unpaired) electrons. The van der Waals surface area contributed by atoms with E-state index in [1.165, 1.54) is 0 Å². The summed E-state index contributed by atoms with van der Waals surface area (Å²) in [4.78, 5) is 0. The fraction of sp³-hybridized carbons (Fsp3) is 1.00. The second-order valence-corrected chi connectivity index (χ2v) is 8.64. The van der Waals surface area contributed by atoms with E-state index in [1.54, 1.807) is 13.8 Å². The standard InChI is InChI=1S/C11H23ClO4S/c1-10(2,3)16-7-6-15-8-11(4,5)9-17(12,13)14/h6-9H2,1-5H3. The fourth-order valence-electron chi connectivity index (χ4n) is 1.26. The molecule has 0 atom stereocenters. The second kappa shape index (κ2) is 6.36. The molecule has 0 aliphatic carbocycles. The van der Waals surface area contributed by atoms with Gasteiger partial charge < -0.3 is 9.47 Å². The van der Waals surface area contributed by atoms with Crippen LogP contribution in [0.3, 0.4) is 0 Å². The van der Waals surface area contributed by atoms with Crippen LogP contribution in [0.1, 0.15) is 34.6 Å². The number of hydrogen-bond acceptors (Lipinski definition) is 4. The molecule has 104 valence electrons. The maximum atomic E-state index is 11.0. The number of rotatable bonds is 7. The highest BCUT2D eigenvalue weighted by molar-refractivity contribution is 8.13. The molecular formula is C11H23ClO4S. The molecule has 0 fully saturated rings. The van der Waals surface area contributed by atoms with Gasteiger partial charge in [-0.15, -0.1) is 0 Å². The van der Waals surface area contributed by atoms with Gasteiger partial charge in [0.25, 0.3) is 0 Å². The van der Waals surface area contributed by atoms with Gasteiger partial charge in [0.05, 0.1) is 31.2 Å². The highest BCUT2D eigenvalue weighted by atomic mass is 35.7. The van der Waals surface area contributed by atoms with Crippen molar-refractivity contribution < 1.29 is 17.9 Å². The Morgan fingerprint density at radius 1 is 1.06 bits per heavy atom. The van der Waals surface area contributed by atoms with Crippen LogP contribution in [0.5, 0.6) is 0 Å². The van der Waals surface area contributed by atoms with Crippen molar-refractivity contribution in [3.63, 3.8) is 0 Å². The molecule has 0 saturated heterocycles. The Morgan fingerprint density at radius 2 is 1.59 bits per heavy atom. The highest BCUT2D eigenvalue weighted by Crippen LogP contribution is 2.20. The lowest BCUT2D eigenvalue weighted by Crippen LogP contribution is -2.28. The van der Waals surface area contributed by atoms with Gasteiger partial charge >= 0.3 is 0 Å². The summed E-state index contributed by atoms with van der Waals surface area (Å²) in [6.45, 7) is 10.8. The zero-order valence-corrected chi connectivity index (χ0v) is 12.8. The van der Waals surface area contributed by atoms with Crippen LogP contribution in [0.2, 0.25) is 0 Å². The molecule has 0 bridgehead atoms. The third-order valence-electron chi connectivity index (χ3n) is 1.82. The lowest BCUT2D eigenvalue weighted by molar-refractivity contribution is -0.0435. The Bertz CT molecular complexity index is 317. The van der Waals surface area contributed by atoms with E-state index < -0.39 is 14.5 Å². The zero-order valence-electron chi connectivity index (χ0n) is 11.2. The quantitative estimate of drug-likeness (QED) is 0.533. The molecule has 0 aliphatic rings. The van der Waals surface area contributed by atoms with Crippen molar-refractivity contribution in [1.29, 1.82) is 0 Å². The number of halogens is 1. The average molecular weight is 287 g/mol. The molecule has 0 aromatic heterocycles. The van der Waals surface area contributed by atoms with Crippen molar-refractivity contribution in [2.75, 3.05) is 25.6 Å². The average Bonchev–Trinajstić information content (AvgIpc) is 1.95. The molecule has 0 aromatic carbocycles. The van der Waals surface area contributed by atoms with Crippen molar-refractivity contribution in [1.82, 2.24) is 0 Å². The molecular weight excluding hydrogens is 264 g/mol. The first kappa shape index (κ1) is 17.2. The molecule has 0 unspecified atom stereocenters. The van der Waals surface area contributed by atoms with Gasteiger partial charge in [-0.25, -0.2) is 8.42 Å². The molecule has 17 heavy (non-hydrogen) atoms. The van der Waals surface area contributed by atoms with Crippen molar-refractivity contribution >= 4 is 19.7 Å². The van der Waals surface area contributed by atoms with Crippen LogP contribution in [0.15, 0.2) is 0 Å². The number of ether oxygens (including phenoxy) is 2. The molecule has 0 heterocycles. The van der Waals surface area contributed by atoms with E-state index in [0.717, 1.165) is 0 Å². The van der Waals surface area contributed by atoms with E-state index in [1.807, 2.05) is 20.8 Å². The SMILES string of the molecule is CC(C)(COCCOC(C)(C)C)CS(=O)(=O)Cl. The first-order valence-electron chi connectivity index (χ1n) is 5.55. The first-order chi connectivity index (χ1) is 7.41. The predicted octanol–water partition coefficient (Wildman–Crippen LogP) is 2.41. The minimum absolute atomic E-state index is 0.0956. The van der Waals surface area contributed by atoms with E-state index in [0.29, 0.717) is 19.8 Å². The summed E-state index contributed by atoms with van der Waals surface area (Å²) in [5.74, 6) is -0.0956. The Hall–Kier alpha value is 0.160. The van der Waals surface area contributed by atoms with Crippen LogP contribution < -0.4 is 0 Å². The summed E-state index contributed by atoms with van der Waals surface area (Å²) in [6, 6.07) is 0. The van der Waals surface area contributed by atoms with E-state index in [4.69, 9.17) is 20.2 Å². The van der Waals surface area contributed by atoms with Gasteiger partial charge in [-0.3, -0.25) is 0 Å². The maximum Gasteiger partial charge on any atom is 0.233 e. The number of hydrogen-bond donors (Lipinski definition) is 0. The van der Waals surface area contributed by atoms with Crippen LogP contribution in [0.25, 0.3) is 0 Å². The van der Waals surface area contributed by atoms with Crippen molar-refractivity contribution in [2.24, 2.45) is 5.41 Å². The Kier molecular flexibility index (Phi) is 6.42. The first-order valence-corrected chi connectivity index (χ1v) is 8.03. The molecule has 0 N–H and O–H groups in total. The van der Waals surface area contributed by atoms with Crippen LogP contribution in [-0.2, 0) is 18.5 Å². The van der Waals surface area contributed by atoms with E-state index in [9.17, 15) is 8.42 Å². The Balaban J connectivity index is 3.81. The Labute approximate surface area is 109 Å². The topological polar surface area (TPSA) is 52.6 Å². The molecule has 0 saturated carbocycles. The zero-order chi connectivity index (χ0) is 13.7. The lowest BCUT2D eigenvalue weighted by atomic mass is 9.98. The van der Waals surface area contributed by atoms with Gasteiger partial charge in [0.2, 0.25) is 9.05 Å². The molecule has 0 amide bonds. The summed E-state index contributed by atoms with van der Waals surface area (Å²) in [5, 5.41) is 0. The van der Waals surface area contributed by atoms with E-state index in [-0.39, 0.29) is 11.4 Å². The van der Waals surface area contributed by atoms with Gasteiger partial charge in [0.1, 0.15) is 0 Å². The smallest absolute Gasteiger partial charge is 0.233 e. The summed E-state index contributed by atoms with van der Waals surface area (Å²) >= 11 is 0. The highest BCUT2D eigenvalue weighted by Gasteiger charge is 2.25. The Morgan fingerprint density at radius 3 is 2.00 bits per heavy atom. The predicted molar refractivity (Wildman–Crippen MR) is 69.9 cm³/mol. The molecule has 0 aliphatic heterocycles. The molecule has 0 rings (SSSR count). The van der Waals surface area contributed by atoms with E-state index in [2.05, 4.69) is 0 Å². The van der Waals surface area contributed by atoms with Gasteiger partial charge in [-0.2, -0.15) is 0 Å². The van der Waals surface area contributed by atoms with Crippen LogP contribution in [-0.4, -0.2) is 39.6 Å². The van der Waals surface area contributed by atoms with Gasteiger partial charge in [-0.1, -0.05) is 13.8 Å². The minimum Gasteiger partial charge on any atom is -0.378 e. The second-order valence-electron chi connectivity index (χ2n) is 5.86. The summed E-state index contributed by atoms with van der Waals surface area (Å²) in [6.07, 6.45) is 0. The summed E-state index contributed by atoms with van der Waals surface area (Å²) in [5.41, 5.74) is -0.666. The third-order valence-corrected chi connectivity index (χ3v) is 3.27. The van der Waals surface area contributed by atoms with Crippen molar-refractivity contribution in [3.8, 4) is 0 Å². The monoisotopic (exact) mass is 286 g/mol. The van der Waals surface area contributed by atoms with Gasteiger partial charge in [-0.05, 0) is 20.8 Å². The largest absolute Gasteiger partial charge is 0.378 e. The summed E-state index contributed by atoms with van der Waals surface area (Å²) < 4.78 is 32.8. The van der Waals surface area contributed by atoms with Gasteiger partial charge in [0, 0.05) is 16.1 Å². The van der Waals surface area contributed by atoms with Crippen molar-refractivity contribution in [2.45, 2.75) is 40.2 Å². The van der Waals surface area contributed by atoms with Crippen molar-refractivity contribution in [3.05, 3.63) is 0 Å². The third kappa shape index (κ3) is 12.4. The fourth-order valence-corrected chi connectivity index (χ4v) is 3.17. The summed E-state index contributed by atoms with van der Waals surface area (Å²) in [7, 11) is 1.72. The van der Waals surface area contributed by atoms with Crippen LogP contribution >= 0.6 is 10.7 Å². The lowest BCUT2D eigenvalue weighted by Gasteiger charge is -2.23. The maximum absolute atomic E-state index is 11.0. The van der Waals surface area contributed by atoms with Gasteiger partial charge in [0.15, 0.2) is 0 Å². The van der Waals surface area contributed by atoms with Crippen LogP contribution in [0, 0.1) is 5.41 Å². The molecule has 0 aromatic rings. The molecule has 0 spiro atoms. The van der Waals surface area contributed by atoms with Crippen LogP contribution in [0.4, 0.5) is 0 Å². The van der Waals surface area contributed by atoms with E-state index >= 15 is 0 Å². The molecule has 4 nitrogen and oxygen atoms in total. The molecule has 6 heteroatoms. The minimum atomic E-state index is -3.49.